The first-order valence-corrected chi connectivity index (χ1v) is 14.1. The van der Waals surface area contributed by atoms with Gasteiger partial charge in [0.05, 0.1) is 28.7 Å². The highest BCUT2D eigenvalue weighted by Crippen LogP contribution is 2.41. The first-order chi connectivity index (χ1) is 19.8. The number of aromatic nitrogens is 4. The monoisotopic (exact) mass is 566 g/mol. The van der Waals surface area contributed by atoms with Crippen LogP contribution < -0.4 is 20.7 Å². The Labute approximate surface area is 233 Å². The summed E-state index contributed by atoms with van der Waals surface area (Å²) in [5.74, 6) is -1.42. The first kappa shape index (κ1) is 25.0. The quantitative estimate of drug-likeness (QED) is 0.371. The van der Waals surface area contributed by atoms with Crippen LogP contribution in [0.25, 0.3) is 33.5 Å². The Morgan fingerprint density at radius 3 is 2.73 bits per heavy atom. The second kappa shape index (κ2) is 9.15. The fraction of sp³-hybridized carbons (Fsp3) is 0.500. The van der Waals surface area contributed by atoms with Gasteiger partial charge in [0.25, 0.3) is 6.01 Å². The number of nitrogens with zero attached hydrogens (tertiary/aromatic N) is 6. The maximum Gasteiger partial charge on any atom is 0.293 e. The number of piperazine rings is 1. The van der Waals surface area contributed by atoms with Gasteiger partial charge in [-0.15, -0.1) is 0 Å². The second-order valence-electron chi connectivity index (χ2n) is 11.8. The topological polar surface area (TPSA) is 118 Å². The number of hydrogen-bond acceptors (Lipinski definition) is 10. The lowest BCUT2D eigenvalue weighted by atomic mass is 9.95. The van der Waals surface area contributed by atoms with Crippen molar-refractivity contribution in [2.45, 2.75) is 55.9 Å². The molecule has 0 saturated carbocycles. The van der Waals surface area contributed by atoms with Gasteiger partial charge in [-0.25, -0.2) is 23.1 Å². The molecule has 4 aromatic rings. The fourth-order valence-electron chi connectivity index (χ4n) is 7.31. The molecule has 4 saturated heterocycles. The molecule has 0 aliphatic carbocycles. The number of fused-ring (bicyclic) bond motifs is 5. The van der Waals surface area contributed by atoms with Gasteiger partial charge in [0.15, 0.2) is 17.0 Å². The maximum atomic E-state index is 15.1. The Hall–Kier alpha value is -3.71. The number of ether oxygens (including phenoxy) is 1. The smallest absolute Gasteiger partial charge is 0.293 e. The molecule has 214 valence electrons. The highest BCUT2D eigenvalue weighted by molar-refractivity contribution is 5.93. The molecule has 1 aromatic carbocycles. The zero-order chi connectivity index (χ0) is 27.9. The summed E-state index contributed by atoms with van der Waals surface area (Å²) in [4.78, 5) is 22.3. The van der Waals surface area contributed by atoms with Gasteiger partial charge in [-0.3, -0.25) is 4.90 Å². The molecule has 3 aromatic heterocycles. The lowest BCUT2D eigenvalue weighted by molar-refractivity contribution is 0.111. The van der Waals surface area contributed by atoms with E-state index in [1.807, 2.05) is 6.07 Å². The molecule has 4 atom stereocenters. The Bertz CT molecular complexity index is 1670. The number of hydrogen-bond donors (Lipinski definition) is 2. The van der Waals surface area contributed by atoms with Crippen molar-refractivity contribution >= 4 is 34.0 Å². The van der Waals surface area contributed by atoms with Gasteiger partial charge in [0.2, 0.25) is 5.88 Å². The highest BCUT2D eigenvalue weighted by atomic mass is 19.1. The number of oxazole rings is 1. The van der Waals surface area contributed by atoms with Crippen LogP contribution in [0.5, 0.6) is 5.88 Å². The molecule has 3 unspecified atom stereocenters. The van der Waals surface area contributed by atoms with Gasteiger partial charge < -0.3 is 25.1 Å². The third-order valence-corrected chi connectivity index (χ3v) is 9.13. The van der Waals surface area contributed by atoms with Crippen molar-refractivity contribution < 1.29 is 22.3 Å². The van der Waals surface area contributed by atoms with E-state index in [-0.39, 0.29) is 39.6 Å². The summed E-state index contributed by atoms with van der Waals surface area (Å²) >= 11 is 0. The normalized spacial score (nSPS) is 27.8. The molecule has 0 amide bonds. The van der Waals surface area contributed by atoms with Gasteiger partial charge in [0.1, 0.15) is 29.6 Å². The standard InChI is InChI=1S/C28H29F3N8O2/c29-14-8-28(4-1-5-39(28)10-14)13-40-21-7-20(38-11-15-2-3-16(12-38)34-15)24-26(36-21)35-19(9-33-24)22-17(30)6-18(31)23-25(22)41-27(32)37-23/h6-7,9,14-16,34H,1-5,8,10-13H2,(H2,32,37)/t14-,15?,16?,28?/m1/s1. The zero-order valence-electron chi connectivity index (χ0n) is 22.2. The molecular weight excluding hydrogens is 537 g/mol. The van der Waals surface area contributed by atoms with Crippen LogP contribution in [0.4, 0.5) is 24.9 Å². The van der Waals surface area contributed by atoms with Crippen molar-refractivity contribution in [2.24, 2.45) is 0 Å². The summed E-state index contributed by atoms with van der Waals surface area (Å²) in [6.07, 6.45) is 5.09. The van der Waals surface area contributed by atoms with Crippen molar-refractivity contribution in [2.75, 3.05) is 43.4 Å². The molecule has 4 aliphatic heterocycles. The molecule has 41 heavy (non-hydrogen) atoms. The number of nitrogens with two attached hydrogens (primary N) is 1. The van der Waals surface area contributed by atoms with E-state index in [2.05, 4.69) is 35.1 Å². The molecular formula is C28H29F3N8O2. The van der Waals surface area contributed by atoms with E-state index in [1.54, 1.807) is 0 Å². The summed E-state index contributed by atoms with van der Waals surface area (Å²) in [6.45, 7) is 3.20. The second-order valence-corrected chi connectivity index (χ2v) is 11.8. The van der Waals surface area contributed by atoms with Crippen molar-refractivity contribution in [1.29, 1.82) is 0 Å². The number of pyridine rings is 1. The Kier molecular flexibility index (Phi) is 5.59. The number of alkyl halides is 1. The molecule has 7 heterocycles. The van der Waals surface area contributed by atoms with Gasteiger partial charge in [-0.05, 0) is 32.2 Å². The Balaban J connectivity index is 1.22. The number of anilines is 2. The van der Waals surface area contributed by atoms with Crippen LogP contribution in [-0.4, -0.2) is 81.4 Å². The third kappa shape index (κ3) is 4.08. The molecule has 4 fully saturated rings. The van der Waals surface area contributed by atoms with Crippen LogP contribution in [0.1, 0.15) is 32.1 Å². The summed E-state index contributed by atoms with van der Waals surface area (Å²) in [7, 11) is 0. The predicted octanol–water partition coefficient (Wildman–Crippen LogP) is 3.59. The molecule has 10 nitrogen and oxygen atoms in total. The van der Waals surface area contributed by atoms with E-state index in [0.29, 0.717) is 43.1 Å². The molecule has 2 bridgehead atoms. The largest absolute Gasteiger partial charge is 0.476 e. The van der Waals surface area contributed by atoms with Crippen molar-refractivity contribution in [3.8, 4) is 17.1 Å². The Morgan fingerprint density at radius 1 is 1.07 bits per heavy atom. The minimum atomic E-state index is -0.886. The van der Waals surface area contributed by atoms with Crippen LogP contribution in [0, 0.1) is 11.6 Å². The third-order valence-electron chi connectivity index (χ3n) is 9.13. The van der Waals surface area contributed by atoms with Crippen LogP contribution in [-0.2, 0) is 0 Å². The van der Waals surface area contributed by atoms with Crippen molar-refractivity contribution in [3.05, 3.63) is 30.0 Å². The van der Waals surface area contributed by atoms with E-state index in [1.165, 1.54) is 6.20 Å². The minimum absolute atomic E-state index is 0.101. The molecule has 8 rings (SSSR count). The van der Waals surface area contributed by atoms with Gasteiger partial charge in [-0.1, -0.05) is 0 Å². The van der Waals surface area contributed by atoms with Crippen LogP contribution in [0.2, 0.25) is 0 Å². The van der Waals surface area contributed by atoms with Crippen molar-refractivity contribution in [3.63, 3.8) is 0 Å². The molecule has 0 radical (unpaired) electrons. The predicted molar refractivity (Wildman–Crippen MR) is 145 cm³/mol. The zero-order valence-corrected chi connectivity index (χ0v) is 22.2. The van der Waals surface area contributed by atoms with Crippen LogP contribution >= 0.6 is 0 Å². The minimum Gasteiger partial charge on any atom is -0.476 e. The van der Waals surface area contributed by atoms with E-state index in [0.717, 1.165) is 57.1 Å². The Morgan fingerprint density at radius 2 is 1.90 bits per heavy atom. The number of nitrogens with one attached hydrogen (secondary N) is 1. The summed E-state index contributed by atoms with van der Waals surface area (Å²) in [5.41, 5.74) is 6.60. The summed E-state index contributed by atoms with van der Waals surface area (Å²) in [6, 6.07) is 3.07. The van der Waals surface area contributed by atoms with E-state index in [4.69, 9.17) is 14.9 Å². The summed E-state index contributed by atoms with van der Waals surface area (Å²) < 4.78 is 55.6. The summed E-state index contributed by atoms with van der Waals surface area (Å²) in [5, 5.41) is 3.64. The number of benzene rings is 1. The van der Waals surface area contributed by atoms with Crippen molar-refractivity contribution in [1.82, 2.24) is 30.2 Å². The van der Waals surface area contributed by atoms with Gasteiger partial charge in [0, 0.05) is 50.3 Å². The van der Waals surface area contributed by atoms with Gasteiger partial charge in [-0.2, -0.15) is 9.97 Å². The lowest BCUT2D eigenvalue weighted by Crippen LogP contribution is -2.51. The average molecular weight is 567 g/mol. The van der Waals surface area contributed by atoms with Gasteiger partial charge >= 0.3 is 0 Å². The molecule has 13 heteroatoms. The average Bonchev–Trinajstić information content (AvgIpc) is 3.68. The maximum absolute atomic E-state index is 15.1. The SMILES string of the molecule is Nc1nc2c(F)cc(F)c(-c3cnc4c(N5CC6CCC(C5)N6)cc(OCC56CCCN5C[C@H](F)C6)nc4n3)c2o1. The van der Waals surface area contributed by atoms with Crippen LogP contribution in [0.3, 0.4) is 0 Å². The number of nitrogen functional groups attached to an aromatic ring is 1. The lowest BCUT2D eigenvalue weighted by Gasteiger charge is -2.35. The number of halogens is 3. The van der Waals surface area contributed by atoms with E-state index < -0.39 is 17.8 Å². The molecule has 0 spiro atoms. The van der Waals surface area contributed by atoms with E-state index in [9.17, 15) is 8.78 Å². The highest BCUT2D eigenvalue weighted by Gasteiger charge is 2.49. The first-order valence-electron chi connectivity index (χ1n) is 14.1. The molecule has 3 N–H and O–H groups in total. The van der Waals surface area contributed by atoms with E-state index >= 15 is 4.39 Å². The van der Waals surface area contributed by atoms with Crippen LogP contribution in [0.15, 0.2) is 22.7 Å². The molecule has 4 aliphatic rings. The fourth-order valence-corrected chi connectivity index (χ4v) is 7.31. The number of rotatable bonds is 5.